The Labute approximate surface area is 129 Å². The molecule has 2 aromatic rings. The zero-order valence-corrected chi connectivity index (χ0v) is 13.0. The lowest BCUT2D eigenvalue weighted by Gasteiger charge is -2.34. The van der Waals surface area contributed by atoms with E-state index >= 15 is 0 Å². The van der Waals surface area contributed by atoms with Gasteiger partial charge in [0.15, 0.2) is 5.82 Å². The average molecular weight is 307 g/mol. The highest BCUT2D eigenvalue weighted by molar-refractivity contribution is 6.30. The van der Waals surface area contributed by atoms with Crippen LogP contribution in [0.15, 0.2) is 28.8 Å². The van der Waals surface area contributed by atoms with Gasteiger partial charge in [-0.15, -0.1) is 0 Å². The van der Waals surface area contributed by atoms with Gasteiger partial charge in [0.1, 0.15) is 6.04 Å². The van der Waals surface area contributed by atoms with Gasteiger partial charge in [-0.1, -0.05) is 28.9 Å². The Hall–Kier alpha value is -1.43. The van der Waals surface area contributed by atoms with Crippen molar-refractivity contribution in [2.24, 2.45) is 5.73 Å². The first-order valence-electron chi connectivity index (χ1n) is 7.04. The molecule has 6 heteroatoms. The number of nitrogens with zero attached hydrogens (tertiary/aromatic N) is 3. The van der Waals surface area contributed by atoms with Gasteiger partial charge in [-0.2, -0.15) is 4.98 Å². The molecule has 2 N–H and O–H groups in total. The van der Waals surface area contributed by atoms with E-state index in [0.29, 0.717) is 16.7 Å². The highest BCUT2D eigenvalue weighted by Gasteiger charge is 2.39. The van der Waals surface area contributed by atoms with E-state index in [-0.39, 0.29) is 6.04 Å². The van der Waals surface area contributed by atoms with E-state index < -0.39 is 5.54 Å². The van der Waals surface area contributed by atoms with E-state index in [4.69, 9.17) is 21.9 Å². The molecule has 1 aliphatic rings. The van der Waals surface area contributed by atoms with Gasteiger partial charge in [0.25, 0.3) is 0 Å². The second-order valence-corrected chi connectivity index (χ2v) is 6.32. The van der Waals surface area contributed by atoms with E-state index in [1.54, 1.807) is 0 Å². The first kappa shape index (κ1) is 14.5. The predicted molar refractivity (Wildman–Crippen MR) is 81.0 cm³/mol. The van der Waals surface area contributed by atoms with E-state index in [1.165, 1.54) is 0 Å². The summed E-state index contributed by atoms with van der Waals surface area (Å²) >= 11 is 6.09. The zero-order chi connectivity index (χ0) is 15.0. The third kappa shape index (κ3) is 2.69. The molecular formula is C15H19ClN4O. The number of hydrogen-bond acceptors (Lipinski definition) is 5. The molecule has 0 bridgehead atoms. The van der Waals surface area contributed by atoms with Gasteiger partial charge in [-0.05, 0) is 51.1 Å². The van der Waals surface area contributed by atoms with Crippen LogP contribution in [0, 0.1) is 0 Å². The smallest absolute Gasteiger partial charge is 0.248 e. The molecule has 1 heterocycles. The van der Waals surface area contributed by atoms with Gasteiger partial charge in [0, 0.05) is 5.02 Å². The Morgan fingerprint density at radius 1 is 1.38 bits per heavy atom. The van der Waals surface area contributed by atoms with Crippen molar-refractivity contribution in [3.63, 3.8) is 0 Å². The van der Waals surface area contributed by atoms with Crippen molar-refractivity contribution in [1.29, 1.82) is 0 Å². The van der Waals surface area contributed by atoms with Crippen LogP contribution in [0.25, 0.3) is 0 Å². The number of halogens is 1. The molecule has 0 spiro atoms. The van der Waals surface area contributed by atoms with Crippen LogP contribution in [0.1, 0.15) is 42.6 Å². The molecule has 112 valence electrons. The summed E-state index contributed by atoms with van der Waals surface area (Å²) < 4.78 is 5.48. The van der Waals surface area contributed by atoms with Gasteiger partial charge >= 0.3 is 0 Å². The maximum Gasteiger partial charge on any atom is 0.248 e. The normalized spacial score (nSPS) is 18.5. The highest BCUT2D eigenvalue weighted by atomic mass is 35.5. The number of nitrogens with two attached hydrogens (primary N) is 1. The Morgan fingerprint density at radius 3 is 2.71 bits per heavy atom. The van der Waals surface area contributed by atoms with Crippen molar-refractivity contribution < 1.29 is 4.52 Å². The summed E-state index contributed by atoms with van der Waals surface area (Å²) in [6.45, 7) is 0. The van der Waals surface area contributed by atoms with E-state index in [0.717, 1.165) is 24.8 Å². The van der Waals surface area contributed by atoms with Gasteiger partial charge in [0.2, 0.25) is 5.89 Å². The summed E-state index contributed by atoms with van der Waals surface area (Å²) in [5.74, 6) is 1.16. The fourth-order valence-electron chi connectivity index (χ4n) is 2.67. The van der Waals surface area contributed by atoms with Crippen LogP contribution in [-0.4, -0.2) is 29.1 Å². The molecule has 1 fully saturated rings. The molecule has 0 radical (unpaired) electrons. The Bertz CT molecular complexity index is 636. The topological polar surface area (TPSA) is 68.2 Å². The standard InChI is InChI=1S/C15H19ClN4O/c1-20(2)12(10-5-3-6-11(16)9-10)13-18-14(19-21-13)15(17)7-4-8-15/h3,5-6,9,12H,4,7-8,17H2,1-2H3. The second kappa shape index (κ2) is 5.40. The van der Waals surface area contributed by atoms with Gasteiger partial charge in [-0.25, -0.2) is 0 Å². The summed E-state index contributed by atoms with van der Waals surface area (Å²) in [5, 5.41) is 4.78. The molecule has 1 atom stereocenters. The minimum Gasteiger partial charge on any atom is -0.337 e. The summed E-state index contributed by atoms with van der Waals surface area (Å²) in [4.78, 5) is 6.56. The van der Waals surface area contributed by atoms with Crippen LogP contribution in [0.3, 0.4) is 0 Å². The van der Waals surface area contributed by atoms with Crippen LogP contribution < -0.4 is 5.73 Å². The maximum atomic E-state index is 6.26. The molecule has 1 aromatic heterocycles. The molecule has 1 saturated carbocycles. The predicted octanol–water partition coefficient (Wildman–Crippen LogP) is 2.71. The van der Waals surface area contributed by atoms with E-state index in [9.17, 15) is 0 Å². The summed E-state index contributed by atoms with van der Waals surface area (Å²) in [6, 6.07) is 7.55. The van der Waals surface area contributed by atoms with Crippen LogP contribution in [0.5, 0.6) is 0 Å². The van der Waals surface area contributed by atoms with Gasteiger partial charge in [0.05, 0.1) is 5.54 Å². The lowest BCUT2D eigenvalue weighted by atomic mass is 9.77. The minimum absolute atomic E-state index is 0.131. The van der Waals surface area contributed by atoms with Crippen molar-refractivity contribution >= 4 is 11.6 Å². The Morgan fingerprint density at radius 2 is 2.14 bits per heavy atom. The molecule has 1 aromatic carbocycles. The van der Waals surface area contributed by atoms with Crippen LogP contribution in [0.2, 0.25) is 5.02 Å². The monoisotopic (exact) mass is 306 g/mol. The molecule has 3 rings (SSSR count). The molecule has 1 aliphatic carbocycles. The van der Waals surface area contributed by atoms with Crippen molar-refractivity contribution in [2.75, 3.05) is 14.1 Å². The summed E-state index contributed by atoms with van der Waals surface area (Å²) in [7, 11) is 3.94. The summed E-state index contributed by atoms with van der Waals surface area (Å²) in [5.41, 5.74) is 6.86. The van der Waals surface area contributed by atoms with E-state index in [2.05, 4.69) is 10.1 Å². The number of aromatic nitrogens is 2. The number of rotatable bonds is 4. The average Bonchev–Trinajstić information content (AvgIpc) is 2.85. The highest BCUT2D eigenvalue weighted by Crippen LogP contribution is 2.38. The van der Waals surface area contributed by atoms with Crippen molar-refractivity contribution in [1.82, 2.24) is 15.0 Å². The molecular weight excluding hydrogens is 288 g/mol. The molecule has 0 saturated heterocycles. The number of benzene rings is 1. The first-order valence-corrected chi connectivity index (χ1v) is 7.42. The van der Waals surface area contributed by atoms with Crippen molar-refractivity contribution in [3.05, 3.63) is 46.6 Å². The van der Waals surface area contributed by atoms with Gasteiger partial charge < -0.3 is 10.3 Å². The quantitative estimate of drug-likeness (QED) is 0.940. The fraction of sp³-hybridized carbons (Fsp3) is 0.467. The van der Waals surface area contributed by atoms with Crippen molar-refractivity contribution in [2.45, 2.75) is 30.8 Å². The van der Waals surface area contributed by atoms with Gasteiger partial charge in [-0.3, -0.25) is 4.90 Å². The lowest BCUT2D eigenvalue weighted by molar-refractivity contribution is 0.225. The summed E-state index contributed by atoms with van der Waals surface area (Å²) in [6.07, 6.45) is 2.94. The lowest BCUT2D eigenvalue weighted by Crippen LogP contribution is -2.44. The van der Waals surface area contributed by atoms with Crippen LogP contribution in [-0.2, 0) is 5.54 Å². The fourth-order valence-corrected chi connectivity index (χ4v) is 2.87. The van der Waals surface area contributed by atoms with Crippen LogP contribution in [0.4, 0.5) is 0 Å². The number of hydrogen-bond donors (Lipinski definition) is 1. The van der Waals surface area contributed by atoms with Crippen molar-refractivity contribution in [3.8, 4) is 0 Å². The second-order valence-electron chi connectivity index (χ2n) is 5.89. The minimum atomic E-state index is -0.410. The molecule has 1 unspecified atom stereocenters. The molecule has 5 nitrogen and oxygen atoms in total. The SMILES string of the molecule is CN(C)C(c1cccc(Cl)c1)c1nc(C2(N)CCC2)no1. The first-order chi connectivity index (χ1) is 9.99. The van der Waals surface area contributed by atoms with E-state index in [1.807, 2.05) is 43.3 Å². The third-order valence-electron chi connectivity index (χ3n) is 4.05. The Kier molecular flexibility index (Phi) is 3.73. The Balaban J connectivity index is 1.95. The maximum absolute atomic E-state index is 6.26. The third-order valence-corrected chi connectivity index (χ3v) is 4.28. The molecule has 0 aliphatic heterocycles. The van der Waals surface area contributed by atoms with Crippen LogP contribution >= 0.6 is 11.6 Å². The zero-order valence-electron chi connectivity index (χ0n) is 12.2. The molecule has 0 amide bonds. The molecule has 21 heavy (non-hydrogen) atoms. The largest absolute Gasteiger partial charge is 0.337 e.